The maximum atomic E-state index is 12.8. The molecule has 1 aromatic heterocycles. The number of nitrogens with zero attached hydrogens (tertiary/aromatic N) is 4. The normalized spacial score (nSPS) is 32.1. The van der Waals surface area contributed by atoms with Crippen LogP contribution < -0.4 is 0 Å². The third kappa shape index (κ3) is 2.92. The Kier molecular flexibility index (Phi) is 5.50. The lowest BCUT2D eigenvalue weighted by atomic mass is 9.94. The van der Waals surface area contributed by atoms with Gasteiger partial charge in [-0.1, -0.05) is 6.92 Å². The van der Waals surface area contributed by atoms with Gasteiger partial charge in [-0.3, -0.25) is 9.73 Å². The molecule has 0 spiro atoms. The number of hydroxylamine groups is 2. The molecular formula is C17H20N4O5S. The molecule has 2 fully saturated rings. The molecule has 0 aliphatic carbocycles. The van der Waals surface area contributed by atoms with E-state index in [1.54, 1.807) is 18.3 Å². The molecule has 0 N–H and O–H groups in total. The maximum absolute atomic E-state index is 12.8. The number of aliphatic imine (C=N–C) groups is 1. The Hall–Kier alpha value is -2.03. The number of aromatic nitrogens is 1. The van der Waals surface area contributed by atoms with E-state index >= 15 is 0 Å². The number of hydrogen-bond acceptors (Lipinski definition) is 9. The van der Waals surface area contributed by atoms with Gasteiger partial charge >= 0.3 is 11.7 Å². The Morgan fingerprint density at radius 1 is 1.63 bits per heavy atom. The largest absolute Gasteiger partial charge is 0.785 e. The van der Waals surface area contributed by atoms with Crippen LogP contribution in [0.4, 0.5) is 0 Å². The fourth-order valence-electron chi connectivity index (χ4n) is 3.43. The monoisotopic (exact) mass is 392 g/mol. The van der Waals surface area contributed by atoms with Gasteiger partial charge in [0.25, 0.3) is 12.3 Å². The fraction of sp³-hybridized carbons (Fsp3) is 0.529. The zero-order valence-electron chi connectivity index (χ0n) is 15.0. The summed E-state index contributed by atoms with van der Waals surface area (Å²) in [6, 6.07) is 2.45. The van der Waals surface area contributed by atoms with E-state index in [0.29, 0.717) is 15.7 Å². The first-order chi connectivity index (χ1) is 13.0. The number of carbonyl (C=O) groups excluding carboxylic acids is 1. The molecule has 3 rings (SSSR count). The van der Waals surface area contributed by atoms with Crippen LogP contribution in [0, 0.1) is 11.8 Å². The first-order valence-electron chi connectivity index (χ1n) is 8.32. The molecule has 3 heterocycles. The summed E-state index contributed by atoms with van der Waals surface area (Å²) in [5.74, 6) is 0.133. The van der Waals surface area contributed by atoms with Gasteiger partial charge in [0, 0.05) is 6.20 Å². The van der Waals surface area contributed by atoms with Crippen molar-refractivity contribution in [2.24, 2.45) is 4.99 Å². The van der Waals surface area contributed by atoms with Crippen LogP contribution in [0.1, 0.15) is 17.3 Å². The Labute approximate surface area is 161 Å². The lowest BCUT2D eigenvalue weighted by Gasteiger charge is -2.36. The first kappa shape index (κ1) is 19.7. The summed E-state index contributed by atoms with van der Waals surface area (Å²) in [5.41, 5.74) is -2.89. The van der Waals surface area contributed by atoms with Crippen LogP contribution in [0.15, 0.2) is 28.3 Å². The molecule has 9 nitrogen and oxygen atoms in total. The number of fused-ring (bicyclic) bond motifs is 1. The number of carbonyl (C=O) groups is 1. The van der Waals surface area contributed by atoms with E-state index in [4.69, 9.17) is 20.8 Å². The van der Waals surface area contributed by atoms with E-state index in [1.165, 1.54) is 18.8 Å². The van der Waals surface area contributed by atoms with E-state index in [9.17, 15) is 10.0 Å². The highest BCUT2D eigenvalue weighted by molar-refractivity contribution is 7.99. The average Bonchev–Trinajstić information content (AvgIpc) is 3.15. The Bertz CT molecular complexity index is 785. The second kappa shape index (κ2) is 7.53. The molecule has 0 radical (unpaired) electrons. The van der Waals surface area contributed by atoms with Crippen molar-refractivity contribution < 1.29 is 19.0 Å². The SMILES string of the molecule is C#[N+][C@]12OC[C@H](N(C)[O-])[C@@]1(N=C)OC[C@H]2OC(=O)c1cccnc1SCC. The molecule has 2 aliphatic heterocycles. The summed E-state index contributed by atoms with van der Waals surface area (Å²) in [7, 11) is 1.32. The highest BCUT2D eigenvalue weighted by Crippen LogP contribution is 2.51. The molecule has 10 heteroatoms. The molecule has 27 heavy (non-hydrogen) atoms. The summed E-state index contributed by atoms with van der Waals surface area (Å²) in [6.45, 7) is 11.0. The average molecular weight is 392 g/mol. The van der Waals surface area contributed by atoms with Crippen LogP contribution in [0.3, 0.4) is 0 Å². The van der Waals surface area contributed by atoms with Gasteiger partial charge in [0.15, 0.2) is 0 Å². The van der Waals surface area contributed by atoms with Crippen molar-refractivity contribution in [3.05, 3.63) is 33.9 Å². The van der Waals surface area contributed by atoms with Gasteiger partial charge in [-0.05, 0) is 36.5 Å². The number of likely N-dealkylation sites (N-methyl/N-ethyl adjacent to an activating group) is 1. The molecule has 0 unspecified atom stereocenters. The van der Waals surface area contributed by atoms with Crippen LogP contribution in [-0.4, -0.2) is 72.3 Å². The Morgan fingerprint density at radius 2 is 2.41 bits per heavy atom. The summed E-state index contributed by atoms with van der Waals surface area (Å²) < 4.78 is 17.1. The number of ether oxygens (including phenoxy) is 3. The molecule has 2 saturated heterocycles. The molecule has 0 aromatic carbocycles. The minimum absolute atomic E-state index is 0.0440. The van der Waals surface area contributed by atoms with Gasteiger partial charge in [-0.15, -0.1) is 11.8 Å². The van der Waals surface area contributed by atoms with Gasteiger partial charge in [0.1, 0.15) is 5.03 Å². The smallest absolute Gasteiger partial charge is 0.474 e. The van der Waals surface area contributed by atoms with Crippen molar-refractivity contribution in [2.45, 2.75) is 35.5 Å². The number of esters is 1. The second-order valence-electron chi connectivity index (χ2n) is 6.05. The topological polar surface area (TPSA) is 101 Å². The molecule has 0 saturated carbocycles. The Morgan fingerprint density at radius 3 is 3.04 bits per heavy atom. The highest BCUT2D eigenvalue weighted by Gasteiger charge is 2.81. The van der Waals surface area contributed by atoms with Crippen molar-refractivity contribution in [3.8, 4) is 6.57 Å². The van der Waals surface area contributed by atoms with Gasteiger partial charge in [0.2, 0.25) is 6.10 Å². The molecule has 4 atom stereocenters. The zero-order valence-corrected chi connectivity index (χ0v) is 15.8. The van der Waals surface area contributed by atoms with E-state index < -0.39 is 29.6 Å². The van der Waals surface area contributed by atoms with E-state index in [1.807, 2.05) is 6.92 Å². The van der Waals surface area contributed by atoms with Gasteiger partial charge in [-0.25, -0.2) is 9.78 Å². The zero-order chi connectivity index (χ0) is 19.7. The molecule has 144 valence electrons. The van der Waals surface area contributed by atoms with Gasteiger partial charge in [-0.2, -0.15) is 0 Å². The summed E-state index contributed by atoms with van der Waals surface area (Å²) in [4.78, 5) is 24.8. The Balaban J connectivity index is 1.90. The molecule has 2 aliphatic rings. The first-order valence-corrected chi connectivity index (χ1v) is 9.31. The van der Waals surface area contributed by atoms with Crippen molar-refractivity contribution in [3.63, 3.8) is 0 Å². The summed E-state index contributed by atoms with van der Waals surface area (Å²) in [5, 5.41) is 13.2. The van der Waals surface area contributed by atoms with Crippen molar-refractivity contribution in [1.29, 1.82) is 0 Å². The van der Waals surface area contributed by atoms with E-state index in [0.717, 1.165) is 5.75 Å². The van der Waals surface area contributed by atoms with Crippen LogP contribution in [0.25, 0.3) is 4.85 Å². The van der Waals surface area contributed by atoms with Crippen molar-refractivity contribution in [1.82, 2.24) is 10.0 Å². The molecule has 1 aromatic rings. The lowest BCUT2D eigenvalue weighted by Crippen LogP contribution is -2.57. The van der Waals surface area contributed by atoms with Gasteiger partial charge in [0.05, 0.1) is 24.8 Å². The van der Waals surface area contributed by atoms with E-state index in [2.05, 4.69) is 21.5 Å². The quantitative estimate of drug-likeness (QED) is 0.312. The molecule has 0 bridgehead atoms. The van der Waals surface area contributed by atoms with E-state index in [-0.39, 0.29) is 13.2 Å². The van der Waals surface area contributed by atoms with Crippen LogP contribution in [0.2, 0.25) is 0 Å². The molecule has 0 amide bonds. The van der Waals surface area contributed by atoms with Crippen LogP contribution in [0.5, 0.6) is 0 Å². The number of hydrogen-bond donors (Lipinski definition) is 0. The van der Waals surface area contributed by atoms with Crippen LogP contribution in [-0.2, 0) is 14.2 Å². The van der Waals surface area contributed by atoms with Crippen LogP contribution >= 0.6 is 11.8 Å². The number of thioether (sulfide) groups is 1. The van der Waals surface area contributed by atoms with Crippen molar-refractivity contribution in [2.75, 3.05) is 26.0 Å². The predicted molar refractivity (Wildman–Crippen MR) is 100.0 cm³/mol. The second-order valence-corrected chi connectivity index (χ2v) is 7.30. The highest BCUT2D eigenvalue weighted by atomic mass is 32.2. The maximum Gasteiger partial charge on any atom is 0.474 e. The van der Waals surface area contributed by atoms with Crippen molar-refractivity contribution >= 4 is 24.4 Å². The molecular weight excluding hydrogens is 372 g/mol. The lowest BCUT2D eigenvalue weighted by molar-refractivity contribution is -0.0884. The number of rotatable bonds is 6. The standard InChI is InChI=1S/C17H20N4O5S/c1-5-27-14-11(7-6-8-20-14)15(22)26-13-10-25-16(18-2)12(21(4)23)9-24-17(13,16)19-3/h3,6-8,12-13H,2,5,9-10H2,1,4H3/t12-,13+,16+,17+/m0/s1. The minimum Gasteiger partial charge on any atom is -0.785 e. The number of pyridine rings is 1. The summed E-state index contributed by atoms with van der Waals surface area (Å²) >= 11 is 1.42. The third-order valence-electron chi connectivity index (χ3n) is 4.70. The van der Waals surface area contributed by atoms with Gasteiger partial charge < -0.3 is 19.7 Å². The minimum atomic E-state index is -1.64. The predicted octanol–water partition coefficient (Wildman–Crippen LogP) is 1.63. The summed E-state index contributed by atoms with van der Waals surface area (Å²) in [6.07, 6.45) is 0.608. The fourth-order valence-corrected chi connectivity index (χ4v) is 4.15. The third-order valence-corrected chi connectivity index (χ3v) is 5.59.